The van der Waals surface area contributed by atoms with Gasteiger partial charge in [-0.1, -0.05) is 12.1 Å². The van der Waals surface area contributed by atoms with E-state index in [4.69, 9.17) is 4.74 Å². The molecule has 0 radical (unpaired) electrons. The number of amides is 2. The first-order chi connectivity index (χ1) is 12.0. The number of rotatable bonds is 4. The maximum Gasteiger partial charge on any atom is 0.229 e. The third-order valence-corrected chi connectivity index (χ3v) is 4.06. The van der Waals surface area contributed by atoms with E-state index in [-0.39, 0.29) is 24.6 Å². The number of benzene rings is 2. The Morgan fingerprint density at radius 3 is 2.76 bits per heavy atom. The Morgan fingerprint density at radius 1 is 1.24 bits per heavy atom. The van der Waals surface area contributed by atoms with E-state index in [0.29, 0.717) is 11.4 Å². The molecule has 1 unspecified atom stereocenters. The van der Waals surface area contributed by atoms with Gasteiger partial charge in [-0.2, -0.15) is 0 Å². The topological polar surface area (TPSA) is 58.6 Å². The van der Waals surface area contributed by atoms with Gasteiger partial charge in [0.1, 0.15) is 17.4 Å². The lowest BCUT2D eigenvalue weighted by Gasteiger charge is -2.19. The van der Waals surface area contributed by atoms with Gasteiger partial charge in [-0.15, -0.1) is 0 Å². The monoisotopic (exact) mass is 346 g/mol. The first-order valence-electron chi connectivity index (χ1n) is 7.69. The van der Waals surface area contributed by atoms with Crippen LogP contribution in [0.1, 0.15) is 6.42 Å². The molecule has 130 valence electrons. The largest absolute Gasteiger partial charge is 0.495 e. The highest BCUT2D eigenvalue weighted by atomic mass is 19.1. The minimum absolute atomic E-state index is 0.0131. The van der Waals surface area contributed by atoms with Gasteiger partial charge in [-0.25, -0.2) is 8.78 Å². The Labute approximate surface area is 143 Å². The molecule has 0 spiro atoms. The van der Waals surface area contributed by atoms with Crippen LogP contribution in [-0.2, 0) is 9.59 Å². The van der Waals surface area contributed by atoms with Gasteiger partial charge in [0.05, 0.1) is 24.4 Å². The lowest BCUT2D eigenvalue weighted by molar-refractivity contribution is -0.122. The van der Waals surface area contributed by atoms with Crippen LogP contribution in [0, 0.1) is 17.6 Å². The van der Waals surface area contributed by atoms with Gasteiger partial charge in [0, 0.05) is 19.0 Å². The molecule has 0 aromatic heterocycles. The predicted octanol–water partition coefficient (Wildman–Crippen LogP) is 2.97. The summed E-state index contributed by atoms with van der Waals surface area (Å²) in [5.41, 5.74) is 0.329. The normalized spacial score (nSPS) is 16.8. The van der Waals surface area contributed by atoms with Crippen LogP contribution < -0.4 is 15.0 Å². The zero-order valence-electron chi connectivity index (χ0n) is 13.5. The van der Waals surface area contributed by atoms with Gasteiger partial charge >= 0.3 is 0 Å². The van der Waals surface area contributed by atoms with Crippen molar-refractivity contribution in [1.82, 2.24) is 0 Å². The van der Waals surface area contributed by atoms with Crippen LogP contribution in [-0.4, -0.2) is 25.5 Å². The number of hydrogen-bond donors (Lipinski definition) is 1. The summed E-state index contributed by atoms with van der Waals surface area (Å²) in [4.78, 5) is 26.1. The summed E-state index contributed by atoms with van der Waals surface area (Å²) in [5, 5.41) is 2.35. The number of ether oxygens (including phenoxy) is 1. The molecule has 1 atom stereocenters. The third kappa shape index (κ3) is 3.45. The number of anilines is 2. The second-order valence-electron chi connectivity index (χ2n) is 5.69. The van der Waals surface area contributed by atoms with Gasteiger partial charge in [-0.05, 0) is 24.3 Å². The first-order valence-corrected chi connectivity index (χ1v) is 7.69. The molecule has 1 heterocycles. The Morgan fingerprint density at radius 2 is 2.00 bits per heavy atom. The van der Waals surface area contributed by atoms with Gasteiger partial charge in [0.2, 0.25) is 11.8 Å². The van der Waals surface area contributed by atoms with Crippen molar-refractivity contribution in [1.29, 1.82) is 0 Å². The van der Waals surface area contributed by atoms with Crippen molar-refractivity contribution in [2.45, 2.75) is 6.42 Å². The summed E-state index contributed by atoms with van der Waals surface area (Å²) in [6, 6.07) is 9.79. The fourth-order valence-corrected chi connectivity index (χ4v) is 2.80. The number of nitrogens with one attached hydrogen (secondary N) is 1. The van der Waals surface area contributed by atoms with Gasteiger partial charge in [-0.3, -0.25) is 9.59 Å². The molecular weight excluding hydrogens is 330 g/mol. The molecule has 5 nitrogen and oxygen atoms in total. The Hall–Kier alpha value is -2.96. The lowest BCUT2D eigenvalue weighted by Crippen LogP contribution is -2.28. The summed E-state index contributed by atoms with van der Waals surface area (Å²) >= 11 is 0. The van der Waals surface area contributed by atoms with Crippen molar-refractivity contribution in [2.75, 3.05) is 23.9 Å². The molecule has 1 N–H and O–H groups in total. The summed E-state index contributed by atoms with van der Waals surface area (Å²) < 4.78 is 32.1. The van der Waals surface area contributed by atoms with Crippen LogP contribution in [0.3, 0.4) is 0 Å². The van der Waals surface area contributed by atoms with Crippen molar-refractivity contribution < 1.29 is 23.1 Å². The molecule has 0 aliphatic carbocycles. The molecule has 1 aliphatic heterocycles. The zero-order chi connectivity index (χ0) is 18.0. The second-order valence-corrected chi connectivity index (χ2v) is 5.69. The van der Waals surface area contributed by atoms with Crippen LogP contribution in [0.15, 0.2) is 42.5 Å². The lowest BCUT2D eigenvalue weighted by atomic mass is 10.1. The molecule has 25 heavy (non-hydrogen) atoms. The molecule has 2 amide bonds. The van der Waals surface area contributed by atoms with Crippen LogP contribution in [0.2, 0.25) is 0 Å². The molecule has 2 aromatic rings. The Bertz CT molecular complexity index is 826. The predicted molar refractivity (Wildman–Crippen MR) is 88.4 cm³/mol. The molecule has 0 bridgehead atoms. The van der Waals surface area contributed by atoms with E-state index in [2.05, 4.69) is 5.32 Å². The standard InChI is InChI=1S/C18H16F2N2O3/c1-25-16-5-3-2-4-15(16)22-10-11(8-17(22)23)18(24)21-14-9-12(19)6-7-13(14)20/h2-7,9,11H,8,10H2,1H3,(H,21,24). The third-order valence-electron chi connectivity index (χ3n) is 4.06. The molecule has 1 aliphatic rings. The van der Waals surface area contributed by atoms with E-state index in [1.807, 2.05) is 0 Å². The molecule has 1 fully saturated rings. The van der Waals surface area contributed by atoms with Gasteiger partial charge < -0.3 is 15.0 Å². The molecule has 3 rings (SSSR count). The Balaban J connectivity index is 1.76. The first kappa shape index (κ1) is 16.9. The second kappa shape index (κ2) is 6.88. The zero-order valence-corrected chi connectivity index (χ0v) is 13.5. The van der Waals surface area contributed by atoms with Crippen molar-refractivity contribution in [3.8, 4) is 5.75 Å². The highest BCUT2D eigenvalue weighted by molar-refractivity contribution is 6.04. The van der Waals surface area contributed by atoms with Crippen molar-refractivity contribution in [3.05, 3.63) is 54.1 Å². The van der Waals surface area contributed by atoms with Gasteiger partial charge in [0.25, 0.3) is 0 Å². The number of carbonyl (C=O) groups is 2. The summed E-state index contributed by atoms with van der Waals surface area (Å²) in [6.45, 7) is 0.141. The van der Waals surface area contributed by atoms with E-state index in [9.17, 15) is 18.4 Å². The maximum atomic E-state index is 13.7. The van der Waals surface area contributed by atoms with E-state index < -0.39 is 23.5 Å². The number of carbonyl (C=O) groups excluding carboxylic acids is 2. The van der Waals surface area contributed by atoms with E-state index in [1.165, 1.54) is 12.0 Å². The summed E-state index contributed by atoms with van der Waals surface area (Å²) in [6.07, 6.45) is -0.0131. The maximum absolute atomic E-state index is 13.7. The minimum atomic E-state index is -0.736. The van der Waals surface area contributed by atoms with E-state index >= 15 is 0 Å². The fraction of sp³-hybridized carbons (Fsp3) is 0.222. The number of halogens is 2. The van der Waals surface area contributed by atoms with Crippen LogP contribution >= 0.6 is 0 Å². The van der Waals surface area contributed by atoms with E-state index in [0.717, 1.165) is 18.2 Å². The number of nitrogens with zero attached hydrogens (tertiary/aromatic N) is 1. The summed E-state index contributed by atoms with van der Waals surface area (Å²) in [5.74, 6) is -2.30. The molecular formula is C18H16F2N2O3. The minimum Gasteiger partial charge on any atom is -0.495 e. The number of hydrogen-bond acceptors (Lipinski definition) is 3. The quantitative estimate of drug-likeness (QED) is 0.926. The molecule has 0 saturated carbocycles. The highest BCUT2D eigenvalue weighted by Gasteiger charge is 2.36. The smallest absolute Gasteiger partial charge is 0.229 e. The highest BCUT2D eigenvalue weighted by Crippen LogP contribution is 2.33. The number of methoxy groups -OCH3 is 1. The van der Waals surface area contributed by atoms with E-state index in [1.54, 1.807) is 24.3 Å². The molecule has 7 heteroatoms. The average Bonchev–Trinajstić information content (AvgIpc) is 3.00. The van der Waals surface area contributed by atoms with Crippen molar-refractivity contribution in [3.63, 3.8) is 0 Å². The van der Waals surface area contributed by atoms with Crippen LogP contribution in [0.25, 0.3) is 0 Å². The molecule has 2 aromatic carbocycles. The SMILES string of the molecule is COc1ccccc1N1CC(C(=O)Nc2cc(F)ccc2F)CC1=O. The number of para-hydroxylation sites is 2. The van der Waals surface area contributed by atoms with Crippen LogP contribution in [0.4, 0.5) is 20.2 Å². The van der Waals surface area contributed by atoms with Crippen molar-refractivity contribution >= 4 is 23.2 Å². The van der Waals surface area contributed by atoms with Gasteiger partial charge in [0.15, 0.2) is 0 Å². The fourth-order valence-electron chi connectivity index (χ4n) is 2.80. The average molecular weight is 346 g/mol. The van der Waals surface area contributed by atoms with Crippen molar-refractivity contribution in [2.24, 2.45) is 5.92 Å². The molecule has 1 saturated heterocycles. The van der Waals surface area contributed by atoms with Crippen LogP contribution in [0.5, 0.6) is 5.75 Å². The Kier molecular flexibility index (Phi) is 4.65. The summed E-state index contributed by atoms with van der Waals surface area (Å²) in [7, 11) is 1.50.